The van der Waals surface area contributed by atoms with Crippen LogP contribution in [0.25, 0.3) is 0 Å². The summed E-state index contributed by atoms with van der Waals surface area (Å²) in [4.78, 5) is 24.0. The number of fused-ring (bicyclic) bond motifs is 1. The van der Waals surface area contributed by atoms with Crippen molar-refractivity contribution in [1.82, 2.24) is 4.31 Å². The van der Waals surface area contributed by atoms with E-state index in [2.05, 4.69) is 10.6 Å². The fourth-order valence-electron chi connectivity index (χ4n) is 2.90. The highest BCUT2D eigenvalue weighted by molar-refractivity contribution is 7.89. The number of ether oxygens (including phenoxy) is 1. The van der Waals surface area contributed by atoms with Crippen molar-refractivity contribution in [2.75, 3.05) is 24.2 Å². The fourth-order valence-corrected chi connectivity index (χ4v) is 4.25. The van der Waals surface area contributed by atoms with Gasteiger partial charge in [0.15, 0.2) is 6.10 Å². The second-order valence-corrected chi connectivity index (χ2v) is 8.87. The van der Waals surface area contributed by atoms with Crippen molar-refractivity contribution in [1.29, 1.82) is 5.26 Å². The van der Waals surface area contributed by atoms with Gasteiger partial charge in [-0.3, -0.25) is 9.59 Å². The summed E-state index contributed by atoms with van der Waals surface area (Å²) in [6.45, 7) is 2.75. The molecule has 0 aromatic heterocycles. The summed E-state index contributed by atoms with van der Waals surface area (Å²) in [6.07, 6.45) is -0.744. The third-order valence-electron chi connectivity index (χ3n) is 4.56. The van der Waals surface area contributed by atoms with Gasteiger partial charge in [-0.15, -0.1) is 0 Å². The first-order valence-corrected chi connectivity index (χ1v) is 10.4. The number of aryl methyl sites for hydroxylation is 1. The molecule has 30 heavy (non-hydrogen) atoms. The Morgan fingerprint density at radius 1 is 1.30 bits per heavy atom. The second kappa shape index (κ2) is 8.14. The maximum Gasteiger partial charge on any atom is 0.265 e. The highest BCUT2D eigenvalue weighted by Crippen LogP contribution is 2.35. The summed E-state index contributed by atoms with van der Waals surface area (Å²) in [6, 6.07) is 11.1. The van der Waals surface area contributed by atoms with Gasteiger partial charge in [-0.25, -0.2) is 8.42 Å². The lowest BCUT2D eigenvalue weighted by Crippen LogP contribution is -2.36. The first-order valence-electron chi connectivity index (χ1n) is 9.00. The van der Waals surface area contributed by atoms with Gasteiger partial charge in [0.2, 0.25) is 15.9 Å². The lowest BCUT2D eigenvalue weighted by atomic mass is 10.1. The Morgan fingerprint density at radius 2 is 1.97 bits per heavy atom. The van der Waals surface area contributed by atoms with E-state index >= 15 is 0 Å². The van der Waals surface area contributed by atoms with Crippen LogP contribution in [-0.4, -0.2) is 44.2 Å². The van der Waals surface area contributed by atoms with Crippen molar-refractivity contribution >= 4 is 33.2 Å². The maximum absolute atomic E-state index is 13.0. The normalized spacial score (nSPS) is 15.6. The smallest absolute Gasteiger partial charge is 0.265 e. The van der Waals surface area contributed by atoms with E-state index in [-0.39, 0.29) is 16.6 Å². The SMILES string of the molecule is Cc1cc2c(cc1S(=O)(=O)N(C)CC(=O)Nc1ccc(C#N)cc1)O[C@H](C)C(=O)N2. The average Bonchev–Trinajstić information content (AvgIpc) is 2.69. The molecule has 9 nitrogen and oxygen atoms in total. The maximum atomic E-state index is 13.0. The molecule has 1 atom stereocenters. The van der Waals surface area contributed by atoms with E-state index in [1.807, 2.05) is 6.07 Å². The van der Waals surface area contributed by atoms with Crippen molar-refractivity contribution in [3.05, 3.63) is 47.5 Å². The molecule has 10 heteroatoms. The molecule has 2 N–H and O–H groups in total. The van der Waals surface area contributed by atoms with Crippen LogP contribution in [0.1, 0.15) is 18.1 Å². The Kier molecular flexibility index (Phi) is 5.78. The fraction of sp³-hybridized carbons (Fsp3) is 0.250. The number of nitrogens with zero attached hydrogens (tertiary/aromatic N) is 2. The highest BCUT2D eigenvalue weighted by Gasteiger charge is 2.30. The number of nitrogens with one attached hydrogen (secondary N) is 2. The summed E-state index contributed by atoms with van der Waals surface area (Å²) in [5, 5.41) is 14.1. The first-order chi connectivity index (χ1) is 14.1. The molecule has 0 radical (unpaired) electrons. The lowest BCUT2D eigenvalue weighted by molar-refractivity contribution is -0.122. The van der Waals surface area contributed by atoms with Crippen LogP contribution in [0.15, 0.2) is 41.3 Å². The van der Waals surface area contributed by atoms with E-state index in [4.69, 9.17) is 10.00 Å². The molecule has 1 aliphatic heterocycles. The average molecular weight is 428 g/mol. The van der Waals surface area contributed by atoms with E-state index in [0.717, 1.165) is 4.31 Å². The number of anilines is 2. The minimum Gasteiger partial charge on any atom is -0.479 e. The molecule has 2 aromatic carbocycles. The van der Waals surface area contributed by atoms with Gasteiger partial charge in [0.05, 0.1) is 28.8 Å². The van der Waals surface area contributed by atoms with Gasteiger partial charge in [-0.05, 0) is 49.7 Å². The summed E-state index contributed by atoms with van der Waals surface area (Å²) in [7, 11) is -2.69. The Labute approximate surface area is 174 Å². The van der Waals surface area contributed by atoms with Gasteiger partial charge in [0, 0.05) is 18.8 Å². The highest BCUT2D eigenvalue weighted by atomic mass is 32.2. The van der Waals surface area contributed by atoms with E-state index in [9.17, 15) is 18.0 Å². The molecule has 2 aromatic rings. The molecule has 0 spiro atoms. The number of hydrogen-bond acceptors (Lipinski definition) is 6. The molecule has 156 valence electrons. The van der Waals surface area contributed by atoms with Gasteiger partial charge in [-0.1, -0.05) is 0 Å². The Balaban J connectivity index is 1.77. The molecule has 3 rings (SSSR count). The predicted molar refractivity (Wildman–Crippen MR) is 110 cm³/mol. The van der Waals surface area contributed by atoms with Crippen LogP contribution in [-0.2, 0) is 19.6 Å². The van der Waals surface area contributed by atoms with Gasteiger partial charge >= 0.3 is 0 Å². The number of likely N-dealkylation sites (N-methyl/N-ethyl adjacent to an activating group) is 1. The Bertz CT molecular complexity index is 1150. The molecular formula is C20H20N4O5S. The molecular weight excluding hydrogens is 408 g/mol. The molecule has 1 aliphatic rings. The zero-order valence-electron chi connectivity index (χ0n) is 16.6. The molecule has 0 aliphatic carbocycles. The molecule has 2 amide bonds. The number of nitriles is 1. The van der Waals surface area contributed by atoms with Crippen molar-refractivity contribution in [3.63, 3.8) is 0 Å². The van der Waals surface area contributed by atoms with Crippen molar-refractivity contribution in [2.24, 2.45) is 0 Å². The first kappa shape index (κ1) is 21.3. The van der Waals surface area contributed by atoms with E-state index in [0.29, 0.717) is 22.5 Å². The van der Waals surface area contributed by atoms with Gasteiger partial charge in [-0.2, -0.15) is 9.57 Å². The molecule has 0 bridgehead atoms. The number of sulfonamides is 1. The zero-order chi connectivity index (χ0) is 22.1. The summed E-state index contributed by atoms with van der Waals surface area (Å²) < 4.78 is 32.5. The van der Waals surface area contributed by atoms with Gasteiger partial charge < -0.3 is 15.4 Å². The zero-order valence-corrected chi connectivity index (χ0v) is 17.4. The van der Waals surface area contributed by atoms with E-state index in [1.54, 1.807) is 38.1 Å². The van der Waals surface area contributed by atoms with Crippen LogP contribution in [0.3, 0.4) is 0 Å². The third-order valence-corrected chi connectivity index (χ3v) is 6.51. The van der Waals surface area contributed by atoms with Crippen LogP contribution >= 0.6 is 0 Å². The van der Waals surface area contributed by atoms with E-state index in [1.165, 1.54) is 19.2 Å². The summed E-state index contributed by atoms with van der Waals surface area (Å²) >= 11 is 0. The standard InChI is InChI=1S/C20H20N4O5S/c1-12-8-16-17(29-13(2)20(26)23-16)9-18(12)30(27,28)24(3)11-19(25)22-15-6-4-14(10-21)5-7-15/h4-9,13H,11H2,1-3H3,(H,22,25)(H,23,26)/t13-/m1/s1. The number of benzene rings is 2. The lowest BCUT2D eigenvalue weighted by Gasteiger charge is -2.25. The number of carbonyl (C=O) groups excluding carboxylic acids is 2. The van der Waals surface area contributed by atoms with Crippen molar-refractivity contribution in [2.45, 2.75) is 24.8 Å². The van der Waals surface area contributed by atoms with Crippen LogP contribution in [0, 0.1) is 18.3 Å². The number of hydrogen-bond donors (Lipinski definition) is 2. The van der Waals surface area contributed by atoms with Gasteiger partial charge in [0.1, 0.15) is 5.75 Å². The third kappa shape index (κ3) is 4.27. The minimum atomic E-state index is -4.00. The molecule has 0 saturated heterocycles. The minimum absolute atomic E-state index is 0.0155. The number of rotatable bonds is 5. The molecule has 0 saturated carbocycles. The molecule has 1 heterocycles. The largest absolute Gasteiger partial charge is 0.479 e. The van der Waals surface area contributed by atoms with Crippen molar-refractivity contribution < 1.29 is 22.7 Å². The Hall–Kier alpha value is -3.42. The van der Waals surface area contributed by atoms with Crippen molar-refractivity contribution in [3.8, 4) is 11.8 Å². The molecule has 0 unspecified atom stereocenters. The summed E-state index contributed by atoms with van der Waals surface area (Å²) in [5.74, 6) is -0.589. The second-order valence-electron chi connectivity index (χ2n) is 6.86. The summed E-state index contributed by atoms with van der Waals surface area (Å²) in [5.41, 5.74) is 1.71. The van der Waals surface area contributed by atoms with Gasteiger partial charge in [0.25, 0.3) is 5.91 Å². The predicted octanol–water partition coefficient (Wildman–Crippen LogP) is 1.85. The molecule has 0 fully saturated rings. The monoisotopic (exact) mass is 428 g/mol. The van der Waals surface area contributed by atoms with E-state index < -0.39 is 28.6 Å². The van der Waals surface area contributed by atoms with Crippen LogP contribution in [0.2, 0.25) is 0 Å². The Morgan fingerprint density at radius 3 is 2.60 bits per heavy atom. The quantitative estimate of drug-likeness (QED) is 0.748. The van der Waals surface area contributed by atoms with Crippen LogP contribution in [0.5, 0.6) is 5.75 Å². The topological polar surface area (TPSA) is 129 Å². The number of carbonyl (C=O) groups is 2. The number of amides is 2. The van der Waals surface area contributed by atoms with Crippen LogP contribution < -0.4 is 15.4 Å². The van der Waals surface area contributed by atoms with Crippen LogP contribution in [0.4, 0.5) is 11.4 Å².